The van der Waals surface area contributed by atoms with Gasteiger partial charge in [-0.2, -0.15) is 4.98 Å². The van der Waals surface area contributed by atoms with Gasteiger partial charge in [0.05, 0.1) is 19.3 Å². The first kappa shape index (κ1) is 14.6. The smallest absolute Gasteiger partial charge is 0.351 e. The third kappa shape index (κ3) is 3.58. The zero-order chi connectivity index (χ0) is 14.0. The van der Waals surface area contributed by atoms with E-state index >= 15 is 0 Å². The van der Waals surface area contributed by atoms with Crippen LogP contribution in [0.3, 0.4) is 0 Å². The summed E-state index contributed by atoms with van der Waals surface area (Å²) in [6.45, 7) is 4.03. The minimum atomic E-state index is -0.494. The number of methoxy groups -OCH3 is 1. The summed E-state index contributed by atoms with van der Waals surface area (Å²) in [5, 5.41) is 0.525. The molecule has 1 aliphatic rings. The van der Waals surface area contributed by atoms with Crippen LogP contribution in [-0.2, 0) is 9.47 Å². The van der Waals surface area contributed by atoms with Gasteiger partial charge in [0.2, 0.25) is 0 Å². The Hall–Kier alpha value is -0.850. The van der Waals surface area contributed by atoms with Crippen LogP contribution in [0, 0.1) is 0 Å². The molecule has 2 rings (SSSR count). The largest absolute Gasteiger partial charge is 0.466 e. The Morgan fingerprint density at radius 2 is 2.05 bits per heavy atom. The lowest BCUT2D eigenvalue weighted by Gasteiger charge is -2.31. The van der Waals surface area contributed by atoms with Gasteiger partial charge in [0, 0.05) is 12.8 Å². The summed E-state index contributed by atoms with van der Waals surface area (Å²) in [6.07, 6.45) is 1.95. The molecule has 5 nitrogen and oxygen atoms in total. The quantitative estimate of drug-likeness (QED) is 0.804. The van der Waals surface area contributed by atoms with Gasteiger partial charge >= 0.3 is 5.97 Å². The summed E-state index contributed by atoms with van der Waals surface area (Å²) in [7, 11) is 1.31. The van der Waals surface area contributed by atoms with E-state index in [1.165, 1.54) is 7.11 Å². The minimum absolute atomic E-state index is 0.0338. The van der Waals surface area contributed by atoms with E-state index in [2.05, 4.69) is 9.72 Å². The Labute approximate surface area is 120 Å². The molecule has 1 saturated heterocycles. The van der Waals surface area contributed by atoms with Gasteiger partial charge in [-0.3, -0.25) is 0 Å². The number of carbonyl (C=O) groups excluding carboxylic acids is 1. The molecule has 0 aliphatic carbocycles. The van der Waals surface area contributed by atoms with Crippen molar-refractivity contribution in [2.75, 3.05) is 7.11 Å². The SMILES string of the molecule is COC(=O)c1sc(OC2CC(C)OC(C)C2)nc1Cl. The van der Waals surface area contributed by atoms with E-state index in [0.29, 0.717) is 5.19 Å². The fourth-order valence-corrected chi connectivity index (χ4v) is 3.25. The summed E-state index contributed by atoms with van der Waals surface area (Å²) in [5.74, 6) is -0.494. The topological polar surface area (TPSA) is 57.7 Å². The second kappa shape index (κ2) is 6.07. The predicted octanol–water partition coefficient (Wildman–Crippen LogP) is 2.92. The highest BCUT2D eigenvalue weighted by Crippen LogP contribution is 2.32. The zero-order valence-electron chi connectivity index (χ0n) is 11.0. The molecule has 0 spiro atoms. The van der Waals surface area contributed by atoms with Crippen molar-refractivity contribution in [3.8, 4) is 5.19 Å². The summed E-state index contributed by atoms with van der Waals surface area (Å²) >= 11 is 7.00. The number of carbonyl (C=O) groups is 1. The Kier molecular flexibility index (Phi) is 4.65. The highest BCUT2D eigenvalue weighted by atomic mass is 35.5. The number of aromatic nitrogens is 1. The fourth-order valence-electron chi connectivity index (χ4n) is 2.14. The van der Waals surface area contributed by atoms with Crippen LogP contribution in [0.5, 0.6) is 5.19 Å². The maximum absolute atomic E-state index is 11.4. The molecule has 0 aromatic carbocycles. The molecule has 0 radical (unpaired) electrons. The molecule has 7 heteroatoms. The molecule has 1 aromatic rings. The molecule has 2 unspecified atom stereocenters. The Morgan fingerprint density at radius 3 is 2.63 bits per heavy atom. The lowest BCUT2D eigenvalue weighted by molar-refractivity contribution is -0.0721. The normalized spacial score (nSPS) is 27.1. The van der Waals surface area contributed by atoms with Crippen LogP contribution in [-0.4, -0.2) is 36.4 Å². The van der Waals surface area contributed by atoms with Crippen molar-refractivity contribution in [1.82, 2.24) is 4.98 Å². The van der Waals surface area contributed by atoms with Crippen molar-refractivity contribution >= 4 is 28.9 Å². The molecule has 2 atom stereocenters. The number of esters is 1. The van der Waals surface area contributed by atoms with Gasteiger partial charge in [-0.1, -0.05) is 22.9 Å². The Bertz CT molecular complexity index is 455. The lowest BCUT2D eigenvalue weighted by atomic mass is 10.0. The first-order valence-electron chi connectivity index (χ1n) is 6.06. The van der Waals surface area contributed by atoms with Gasteiger partial charge in [-0.25, -0.2) is 4.79 Å². The van der Waals surface area contributed by atoms with Gasteiger partial charge in [-0.15, -0.1) is 0 Å². The summed E-state index contributed by atoms with van der Waals surface area (Å²) in [4.78, 5) is 15.7. The van der Waals surface area contributed by atoms with Crippen LogP contribution in [0.2, 0.25) is 5.15 Å². The number of nitrogens with zero attached hydrogens (tertiary/aromatic N) is 1. The average Bonchev–Trinajstić information content (AvgIpc) is 2.68. The monoisotopic (exact) mass is 305 g/mol. The molecule has 0 amide bonds. The highest BCUT2D eigenvalue weighted by molar-refractivity contribution is 7.15. The number of hydrogen-bond acceptors (Lipinski definition) is 6. The zero-order valence-corrected chi connectivity index (χ0v) is 12.6. The highest BCUT2D eigenvalue weighted by Gasteiger charge is 2.27. The minimum Gasteiger partial charge on any atom is -0.466 e. The van der Waals surface area contributed by atoms with E-state index in [4.69, 9.17) is 21.1 Å². The molecule has 2 heterocycles. The summed E-state index contributed by atoms with van der Waals surface area (Å²) in [5.41, 5.74) is 0. The third-order valence-corrected chi connectivity index (χ3v) is 4.17. The van der Waals surface area contributed by atoms with E-state index in [9.17, 15) is 4.79 Å². The lowest BCUT2D eigenvalue weighted by Crippen LogP contribution is -2.35. The second-order valence-corrected chi connectivity index (χ2v) is 5.88. The molecule has 1 aromatic heterocycles. The van der Waals surface area contributed by atoms with E-state index in [1.54, 1.807) is 0 Å². The van der Waals surface area contributed by atoms with Gasteiger partial charge < -0.3 is 14.2 Å². The molecule has 0 bridgehead atoms. The second-order valence-electron chi connectivity index (χ2n) is 4.56. The molecule has 106 valence electrons. The van der Waals surface area contributed by atoms with Crippen molar-refractivity contribution < 1.29 is 19.0 Å². The number of ether oxygens (including phenoxy) is 3. The fraction of sp³-hybridized carbons (Fsp3) is 0.667. The van der Waals surface area contributed by atoms with Crippen molar-refractivity contribution in [3.05, 3.63) is 10.0 Å². The molecule has 1 aliphatic heterocycles. The first-order valence-corrected chi connectivity index (χ1v) is 7.25. The van der Waals surface area contributed by atoms with Crippen LogP contribution in [0.25, 0.3) is 0 Å². The van der Waals surface area contributed by atoms with E-state index < -0.39 is 5.97 Å². The number of rotatable bonds is 3. The Balaban J connectivity index is 2.05. The van der Waals surface area contributed by atoms with Crippen molar-refractivity contribution in [2.24, 2.45) is 0 Å². The number of halogens is 1. The van der Waals surface area contributed by atoms with Gasteiger partial charge in [0.1, 0.15) is 6.10 Å². The number of thiazole rings is 1. The van der Waals surface area contributed by atoms with Gasteiger partial charge in [0.15, 0.2) is 10.0 Å². The molecule has 0 N–H and O–H groups in total. The predicted molar refractivity (Wildman–Crippen MR) is 72.1 cm³/mol. The van der Waals surface area contributed by atoms with Gasteiger partial charge in [0.25, 0.3) is 5.19 Å². The van der Waals surface area contributed by atoms with Crippen LogP contribution in [0.4, 0.5) is 0 Å². The first-order chi connectivity index (χ1) is 8.99. The molecule has 0 saturated carbocycles. The van der Waals surface area contributed by atoms with E-state index in [1.807, 2.05) is 13.8 Å². The maximum atomic E-state index is 11.4. The van der Waals surface area contributed by atoms with Crippen molar-refractivity contribution in [1.29, 1.82) is 0 Å². The number of hydrogen-bond donors (Lipinski definition) is 0. The van der Waals surface area contributed by atoms with Crippen molar-refractivity contribution in [3.63, 3.8) is 0 Å². The molecule has 19 heavy (non-hydrogen) atoms. The molecular weight excluding hydrogens is 290 g/mol. The molecule has 1 fully saturated rings. The third-order valence-electron chi connectivity index (χ3n) is 2.86. The van der Waals surface area contributed by atoms with Crippen LogP contribution in [0.15, 0.2) is 0 Å². The van der Waals surface area contributed by atoms with Gasteiger partial charge in [-0.05, 0) is 13.8 Å². The standard InChI is InChI=1S/C12H16ClNO4S/c1-6-4-8(5-7(2)17-6)18-12-14-10(13)9(19-12)11(15)16-3/h6-8H,4-5H2,1-3H3. The van der Waals surface area contributed by atoms with Crippen LogP contribution in [0.1, 0.15) is 36.4 Å². The van der Waals surface area contributed by atoms with Crippen LogP contribution < -0.4 is 4.74 Å². The van der Waals surface area contributed by atoms with E-state index in [0.717, 1.165) is 24.2 Å². The van der Waals surface area contributed by atoms with Crippen molar-refractivity contribution in [2.45, 2.75) is 45.0 Å². The maximum Gasteiger partial charge on any atom is 0.351 e. The summed E-state index contributed by atoms with van der Waals surface area (Å²) in [6, 6.07) is 0. The summed E-state index contributed by atoms with van der Waals surface area (Å²) < 4.78 is 16.1. The molecular formula is C12H16ClNO4S. The van der Waals surface area contributed by atoms with E-state index in [-0.39, 0.29) is 28.3 Å². The average molecular weight is 306 g/mol. The van der Waals surface area contributed by atoms with Crippen LogP contribution >= 0.6 is 22.9 Å². The Morgan fingerprint density at radius 1 is 1.42 bits per heavy atom.